The summed E-state index contributed by atoms with van der Waals surface area (Å²) in [5.41, 5.74) is 7.46. The average Bonchev–Trinajstić information content (AvgIpc) is 3.31. The Morgan fingerprint density at radius 3 is 2.32 bits per heavy atom. The van der Waals surface area contributed by atoms with Crippen LogP contribution in [0.3, 0.4) is 0 Å². The van der Waals surface area contributed by atoms with Crippen LogP contribution in [0.5, 0.6) is 0 Å². The van der Waals surface area contributed by atoms with Gasteiger partial charge in [0.05, 0.1) is 12.5 Å². The number of hydrogen-bond donors (Lipinski definition) is 0. The Labute approximate surface area is 207 Å². The maximum atomic E-state index is 7.99. The molecule has 0 saturated carbocycles. The van der Waals surface area contributed by atoms with Gasteiger partial charge in [-0.1, -0.05) is 52.0 Å². The minimum absolute atomic E-state index is 0.203. The van der Waals surface area contributed by atoms with Gasteiger partial charge >= 0.3 is 0 Å². The van der Waals surface area contributed by atoms with E-state index >= 15 is 0 Å². The highest BCUT2D eigenvalue weighted by Gasteiger charge is 2.37. The molecule has 3 nitrogen and oxygen atoms in total. The molecule has 0 fully saturated rings. The molecule has 0 radical (unpaired) electrons. The number of furan rings is 1. The predicted octanol–water partition coefficient (Wildman–Crippen LogP) is 8.21. The molecule has 5 aromatic rings. The Morgan fingerprint density at radius 1 is 0.941 bits per heavy atom. The van der Waals surface area contributed by atoms with E-state index in [-0.39, 0.29) is 17.3 Å². The summed E-state index contributed by atoms with van der Waals surface area (Å²) in [4.78, 5) is 0. The number of para-hydroxylation sites is 1. The summed E-state index contributed by atoms with van der Waals surface area (Å²) >= 11 is 0. The molecule has 0 aliphatic rings. The zero-order valence-electron chi connectivity index (χ0n) is 24.6. The first-order chi connectivity index (χ1) is 17.2. The van der Waals surface area contributed by atoms with Crippen LogP contribution >= 0.6 is 0 Å². The van der Waals surface area contributed by atoms with Crippen molar-refractivity contribution in [1.29, 1.82) is 0 Å². The first kappa shape index (κ1) is 19.3. The number of aromatic nitrogens is 2. The van der Waals surface area contributed by atoms with Crippen molar-refractivity contribution in [2.45, 2.75) is 72.6 Å². The molecular weight excluding hydrogens is 416 g/mol. The second-order valence-corrected chi connectivity index (χ2v) is 11.2. The van der Waals surface area contributed by atoms with Crippen molar-refractivity contribution in [3.8, 4) is 5.69 Å². The first-order valence-electron chi connectivity index (χ1n) is 13.8. The van der Waals surface area contributed by atoms with Crippen molar-refractivity contribution in [2.24, 2.45) is 7.05 Å². The Kier molecular flexibility index (Phi) is 4.38. The van der Waals surface area contributed by atoms with Gasteiger partial charge in [-0.25, -0.2) is 4.57 Å². The summed E-state index contributed by atoms with van der Waals surface area (Å²) in [6, 6.07) is 16.1. The molecule has 0 saturated heterocycles. The molecule has 0 aliphatic carbocycles. The fraction of sp³-hybridized carbons (Fsp3) is 0.387. The van der Waals surface area contributed by atoms with Crippen LogP contribution in [0, 0.1) is 6.85 Å². The number of rotatable bonds is 3. The molecule has 3 aromatic carbocycles. The molecule has 0 spiro atoms. The van der Waals surface area contributed by atoms with Crippen molar-refractivity contribution in [2.75, 3.05) is 0 Å². The van der Waals surface area contributed by atoms with E-state index in [0.717, 1.165) is 44.5 Å². The van der Waals surface area contributed by atoms with E-state index in [1.54, 1.807) is 6.07 Å². The average molecular weight is 457 g/mol. The van der Waals surface area contributed by atoms with Gasteiger partial charge in [0.1, 0.15) is 16.9 Å². The molecule has 3 heteroatoms. The molecule has 0 N–H and O–H groups in total. The molecule has 2 heterocycles. The predicted molar refractivity (Wildman–Crippen MR) is 143 cm³/mol. The monoisotopic (exact) mass is 456 g/mol. The Balaban J connectivity index is 2.03. The molecule has 0 bridgehead atoms. The van der Waals surface area contributed by atoms with E-state index in [1.165, 1.54) is 11.1 Å². The minimum atomic E-state index is -2.16. The lowest BCUT2D eigenvalue weighted by Gasteiger charge is -2.22. The van der Waals surface area contributed by atoms with E-state index in [2.05, 4.69) is 75.8 Å². The van der Waals surface area contributed by atoms with Crippen LogP contribution in [0.15, 0.2) is 52.9 Å². The van der Waals surface area contributed by atoms with Crippen LogP contribution in [0.4, 0.5) is 0 Å². The number of fused-ring (bicyclic) bond motifs is 4. The van der Waals surface area contributed by atoms with E-state index in [4.69, 9.17) is 8.53 Å². The molecule has 34 heavy (non-hydrogen) atoms. The van der Waals surface area contributed by atoms with Gasteiger partial charge in [0.25, 0.3) is 5.82 Å². The molecule has 176 valence electrons. The van der Waals surface area contributed by atoms with Gasteiger partial charge in [-0.2, -0.15) is 4.57 Å². The smallest absolute Gasteiger partial charge is 0.267 e. The summed E-state index contributed by atoms with van der Waals surface area (Å²) in [5, 5.41) is 2.28. The van der Waals surface area contributed by atoms with Crippen molar-refractivity contribution < 1.29 is 13.1 Å². The Morgan fingerprint density at radius 2 is 1.68 bits per heavy atom. The largest absolute Gasteiger partial charge is 0.456 e. The van der Waals surface area contributed by atoms with Crippen LogP contribution in [0.25, 0.3) is 38.7 Å². The van der Waals surface area contributed by atoms with Gasteiger partial charge in [-0.3, -0.25) is 0 Å². The molecule has 2 aromatic heterocycles. The second kappa shape index (κ2) is 7.73. The molecular formula is C31H37N2O+. The fourth-order valence-corrected chi connectivity index (χ4v) is 5.55. The lowest BCUT2D eigenvalue weighted by atomic mass is 9.88. The maximum Gasteiger partial charge on any atom is 0.267 e. The van der Waals surface area contributed by atoms with Crippen LogP contribution in [0.1, 0.15) is 86.9 Å². The van der Waals surface area contributed by atoms with E-state index in [1.807, 2.05) is 31.3 Å². The van der Waals surface area contributed by atoms with Gasteiger partial charge in [0.2, 0.25) is 0 Å². The number of aryl methyl sites for hydroxylation is 2. The third-order valence-corrected chi connectivity index (χ3v) is 6.91. The first-order valence-corrected chi connectivity index (χ1v) is 12.3. The van der Waals surface area contributed by atoms with Crippen LogP contribution in [-0.2, 0) is 12.5 Å². The van der Waals surface area contributed by atoms with Crippen LogP contribution < -0.4 is 4.57 Å². The molecule has 0 amide bonds. The molecule has 5 rings (SSSR count). The van der Waals surface area contributed by atoms with Gasteiger partial charge in [0.15, 0.2) is 11.0 Å². The fourth-order valence-electron chi connectivity index (χ4n) is 5.55. The summed E-state index contributed by atoms with van der Waals surface area (Å²) in [7, 11) is 2.05. The van der Waals surface area contributed by atoms with E-state index in [9.17, 15) is 0 Å². The molecule has 0 atom stereocenters. The summed E-state index contributed by atoms with van der Waals surface area (Å²) in [6.07, 6.45) is 0. The molecule has 0 aliphatic heterocycles. The number of hydrogen-bond acceptors (Lipinski definition) is 1. The van der Waals surface area contributed by atoms with Gasteiger partial charge in [-0.05, 0) is 69.3 Å². The summed E-state index contributed by atoms with van der Waals surface area (Å²) < 4.78 is 35.1. The standard InChI is InChI=1S/C31H37N2O/c1-18(2)22-17-23-21-12-10-11-13-26(21)34-29(23)27(19(3)4)28(22)33-24-15-14-20(5)16-25(24)32(9)30(33)31(6,7)8/h10-19H,1-9H3/q+1/i5D3. The van der Waals surface area contributed by atoms with Gasteiger partial charge in [-0.15, -0.1) is 0 Å². The third kappa shape index (κ3) is 3.28. The highest BCUT2D eigenvalue weighted by Crippen LogP contribution is 2.41. The SMILES string of the molecule is [2H]C([2H])([2H])c1ccc2c(c1)n(C)c(C(C)(C)C)[n+]2-c1c(C(C)C)cc2c(oc3ccccc32)c1C(C)C. The topological polar surface area (TPSA) is 21.9 Å². The maximum absolute atomic E-state index is 7.99. The lowest BCUT2D eigenvalue weighted by Crippen LogP contribution is -2.43. The van der Waals surface area contributed by atoms with Gasteiger partial charge in [0, 0.05) is 26.0 Å². The highest BCUT2D eigenvalue weighted by atomic mass is 16.3. The second-order valence-electron chi connectivity index (χ2n) is 11.2. The third-order valence-electron chi connectivity index (χ3n) is 6.91. The van der Waals surface area contributed by atoms with Crippen molar-refractivity contribution in [3.05, 3.63) is 71.0 Å². The summed E-state index contributed by atoms with van der Waals surface area (Å²) in [5.74, 6) is 1.58. The highest BCUT2D eigenvalue weighted by molar-refractivity contribution is 6.07. The van der Waals surface area contributed by atoms with Crippen LogP contribution in [0.2, 0.25) is 0 Å². The summed E-state index contributed by atoms with van der Waals surface area (Å²) in [6.45, 7) is 13.4. The Bertz CT molecular complexity index is 1660. The Hall–Kier alpha value is -3.07. The van der Waals surface area contributed by atoms with Crippen molar-refractivity contribution >= 4 is 33.0 Å². The van der Waals surface area contributed by atoms with Crippen molar-refractivity contribution in [1.82, 2.24) is 4.57 Å². The number of nitrogens with zero attached hydrogens (tertiary/aromatic N) is 2. The quantitative estimate of drug-likeness (QED) is 0.251. The number of benzene rings is 3. The minimum Gasteiger partial charge on any atom is -0.456 e. The van der Waals surface area contributed by atoms with E-state index in [0.29, 0.717) is 5.56 Å². The lowest BCUT2D eigenvalue weighted by molar-refractivity contribution is -0.583. The zero-order valence-corrected chi connectivity index (χ0v) is 21.6. The number of imidazole rings is 1. The van der Waals surface area contributed by atoms with Gasteiger partial charge < -0.3 is 4.42 Å². The van der Waals surface area contributed by atoms with Crippen LogP contribution in [-0.4, -0.2) is 4.57 Å². The normalized spacial score (nSPS) is 14.5. The van der Waals surface area contributed by atoms with Crippen molar-refractivity contribution in [3.63, 3.8) is 0 Å². The van der Waals surface area contributed by atoms with E-state index < -0.39 is 6.85 Å². The zero-order chi connectivity index (χ0) is 27.0. The molecule has 0 unspecified atom stereocenters.